The standard InChI is InChI=1S/C13H6Cl3F3O/c14-10-6-12(16)11(15)5-9(10)7-2-1-3-8(4-7)20-13(17,18)19/h1-6H. The molecule has 2 aromatic carbocycles. The highest BCUT2D eigenvalue weighted by molar-refractivity contribution is 6.44. The van der Waals surface area contributed by atoms with Crippen LogP contribution in [0.1, 0.15) is 0 Å². The molecule has 7 heteroatoms. The van der Waals surface area contributed by atoms with Crippen molar-refractivity contribution >= 4 is 34.8 Å². The Morgan fingerprint density at radius 2 is 1.50 bits per heavy atom. The van der Waals surface area contributed by atoms with Gasteiger partial charge in [0.1, 0.15) is 5.75 Å². The molecule has 0 atom stereocenters. The summed E-state index contributed by atoms with van der Waals surface area (Å²) in [5.74, 6) is -0.336. The third-order valence-electron chi connectivity index (χ3n) is 2.39. The summed E-state index contributed by atoms with van der Waals surface area (Å²) in [6.07, 6.45) is -4.75. The van der Waals surface area contributed by atoms with Crippen molar-refractivity contribution in [2.45, 2.75) is 6.36 Å². The van der Waals surface area contributed by atoms with Crippen LogP contribution in [0.2, 0.25) is 15.1 Å². The Balaban J connectivity index is 2.44. The van der Waals surface area contributed by atoms with Gasteiger partial charge in [-0.15, -0.1) is 13.2 Å². The number of alkyl halides is 3. The smallest absolute Gasteiger partial charge is 0.406 e. The minimum Gasteiger partial charge on any atom is -0.406 e. The maximum Gasteiger partial charge on any atom is 0.573 e. The normalized spacial score (nSPS) is 11.5. The average molecular weight is 342 g/mol. The van der Waals surface area contributed by atoms with E-state index in [1.165, 1.54) is 30.3 Å². The Bertz CT molecular complexity index is 641. The predicted molar refractivity (Wildman–Crippen MR) is 73.6 cm³/mol. The van der Waals surface area contributed by atoms with E-state index in [9.17, 15) is 13.2 Å². The molecule has 0 saturated carbocycles. The molecule has 0 aliphatic carbocycles. The van der Waals surface area contributed by atoms with E-state index in [1.54, 1.807) is 6.07 Å². The quantitative estimate of drug-likeness (QED) is 0.590. The van der Waals surface area contributed by atoms with Crippen molar-refractivity contribution in [1.82, 2.24) is 0 Å². The number of rotatable bonds is 2. The summed E-state index contributed by atoms with van der Waals surface area (Å²) < 4.78 is 40.4. The molecule has 0 saturated heterocycles. The summed E-state index contributed by atoms with van der Waals surface area (Å²) >= 11 is 17.7. The van der Waals surface area contributed by atoms with Crippen LogP contribution in [0.5, 0.6) is 5.75 Å². The Kier molecular flexibility index (Phi) is 4.37. The van der Waals surface area contributed by atoms with E-state index in [1.807, 2.05) is 0 Å². The third-order valence-corrected chi connectivity index (χ3v) is 3.42. The van der Waals surface area contributed by atoms with E-state index in [0.717, 1.165) is 0 Å². The largest absolute Gasteiger partial charge is 0.573 e. The lowest BCUT2D eigenvalue weighted by molar-refractivity contribution is -0.274. The fourth-order valence-electron chi connectivity index (χ4n) is 1.60. The minimum atomic E-state index is -4.75. The van der Waals surface area contributed by atoms with Gasteiger partial charge in [-0.05, 0) is 29.8 Å². The summed E-state index contributed by atoms with van der Waals surface area (Å²) in [4.78, 5) is 0. The SMILES string of the molecule is FC(F)(F)Oc1cccc(-c2cc(Cl)c(Cl)cc2Cl)c1. The van der Waals surface area contributed by atoms with Crippen molar-refractivity contribution in [2.24, 2.45) is 0 Å². The second-order valence-electron chi connectivity index (χ2n) is 3.82. The molecule has 0 radical (unpaired) electrons. The molecule has 0 heterocycles. The molecule has 0 unspecified atom stereocenters. The molecular formula is C13H6Cl3F3O. The number of hydrogen-bond donors (Lipinski definition) is 0. The molecule has 20 heavy (non-hydrogen) atoms. The molecule has 0 fully saturated rings. The second kappa shape index (κ2) is 5.72. The van der Waals surface area contributed by atoms with Gasteiger partial charge < -0.3 is 4.74 Å². The molecule has 2 aromatic rings. The molecule has 0 aromatic heterocycles. The van der Waals surface area contributed by atoms with Crippen LogP contribution in [-0.4, -0.2) is 6.36 Å². The van der Waals surface area contributed by atoms with E-state index in [-0.39, 0.29) is 20.8 Å². The van der Waals surface area contributed by atoms with Crippen LogP contribution in [0.4, 0.5) is 13.2 Å². The molecule has 0 bridgehead atoms. The van der Waals surface area contributed by atoms with Gasteiger partial charge in [0.25, 0.3) is 0 Å². The highest BCUT2D eigenvalue weighted by Crippen LogP contribution is 2.36. The Labute approximate surface area is 127 Å². The highest BCUT2D eigenvalue weighted by Gasteiger charge is 2.31. The Morgan fingerprint density at radius 1 is 0.850 bits per heavy atom. The summed E-state index contributed by atoms with van der Waals surface area (Å²) in [6, 6.07) is 8.35. The lowest BCUT2D eigenvalue weighted by atomic mass is 10.1. The molecular weight excluding hydrogens is 335 g/mol. The van der Waals surface area contributed by atoms with Gasteiger partial charge in [0.05, 0.1) is 10.0 Å². The fraction of sp³-hybridized carbons (Fsp3) is 0.0769. The summed E-state index contributed by atoms with van der Waals surface area (Å²) in [5, 5.41) is 0.805. The summed E-state index contributed by atoms with van der Waals surface area (Å²) in [6.45, 7) is 0. The Hall–Kier alpha value is -1.10. The van der Waals surface area contributed by atoms with Gasteiger partial charge in [0.2, 0.25) is 0 Å². The van der Waals surface area contributed by atoms with Crippen molar-refractivity contribution < 1.29 is 17.9 Å². The van der Waals surface area contributed by atoms with E-state index in [4.69, 9.17) is 34.8 Å². The maximum atomic E-state index is 12.2. The molecule has 0 aliphatic heterocycles. The summed E-state index contributed by atoms with van der Waals surface area (Å²) in [7, 11) is 0. The van der Waals surface area contributed by atoms with Gasteiger partial charge in [-0.25, -0.2) is 0 Å². The number of hydrogen-bond acceptors (Lipinski definition) is 1. The van der Waals surface area contributed by atoms with Crippen molar-refractivity contribution in [3.8, 4) is 16.9 Å². The van der Waals surface area contributed by atoms with E-state index in [2.05, 4.69) is 4.74 Å². The van der Waals surface area contributed by atoms with Crippen LogP contribution < -0.4 is 4.74 Å². The summed E-state index contributed by atoms with van der Waals surface area (Å²) in [5.41, 5.74) is 0.906. The first-order valence-electron chi connectivity index (χ1n) is 5.27. The molecule has 0 aliphatic rings. The first kappa shape index (κ1) is 15.3. The topological polar surface area (TPSA) is 9.23 Å². The minimum absolute atomic E-state index is 0.258. The molecule has 0 spiro atoms. The average Bonchev–Trinajstić information content (AvgIpc) is 2.32. The molecule has 0 amide bonds. The zero-order valence-corrected chi connectivity index (χ0v) is 11.9. The second-order valence-corrected chi connectivity index (χ2v) is 5.04. The number of halogens is 6. The number of benzene rings is 2. The zero-order valence-electron chi connectivity index (χ0n) is 9.64. The maximum absolute atomic E-state index is 12.2. The zero-order chi connectivity index (χ0) is 14.9. The van der Waals surface area contributed by atoms with Crippen LogP contribution in [0, 0.1) is 0 Å². The van der Waals surface area contributed by atoms with Crippen molar-refractivity contribution in [1.29, 1.82) is 0 Å². The van der Waals surface area contributed by atoms with Crippen LogP contribution in [-0.2, 0) is 0 Å². The van der Waals surface area contributed by atoms with Crippen LogP contribution in [0.15, 0.2) is 36.4 Å². The third kappa shape index (κ3) is 3.72. The van der Waals surface area contributed by atoms with Crippen LogP contribution in [0.3, 0.4) is 0 Å². The fourth-order valence-corrected chi connectivity index (χ4v) is 2.26. The highest BCUT2D eigenvalue weighted by atomic mass is 35.5. The van der Waals surface area contributed by atoms with E-state index < -0.39 is 6.36 Å². The van der Waals surface area contributed by atoms with E-state index >= 15 is 0 Å². The van der Waals surface area contributed by atoms with Gasteiger partial charge >= 0.3 is 6.36 Å². The first-order valence-corrected chi connectivity index (χ1v) is 6.40. The van der Waals surface area contributed by atoms with Gasteiger partial charge in [-0.2, -0.15) is 0 Å². The molecule has 106 valence electrons. The van der Waals surface area contributed by atoms with Crippen LogP contribution >= 0.6 is 34.8 Å². The lowest BCUT2D eigenvalue weighted by Crippen LogP contribution is -2.17. The van der Waals surface area contributed by atoms with Crippen molar-refractivity contribution in [2.75, 3.05) is 0 Å². The Morgan fingerprint density at radius 3 is 2.15 bits per heavy atom. The van der Waals surface area contributed by atoms with Crippen LogP contribution in [0.25, 0.3) is 11.1 Å². The monoisotopic (exact) mass is 340 g/mol. The molecule has 2 rings (SSSR count). The van der Waals surface area contributed by atoms with Gasteiger partial charge in [0.15, 0.2) is 0 Å². The number of ether oxygens (including phenoxy) is 1. The van der Waals surface area contributed by atoms with Crippen molar-refractivity contribution in [3.63, 3.8) is 0 Å². The lowest BCUT2D eigenvalue weighted by Gasteiger charge is -2.11. The molecule has 0 N–H and O–H groups in total. The van der Waals surface area contributed by atoms with Crippen molar-refractivity contribution in [3.05, 3.63) is 51.5 Å². The van der Waals surface area contributed by atoms with Gasteiger partial charge in [-0.3, -0.25) is 0 Å². The van der Waals surface area contributed by atoms with Gasteiger partial charge in [0, 0.05) is 10.6 Å². The van der Waals surface area contributed by atoms with E-state index in [0.29, 0.717) is 11.1 Å². The molecule has 1 nitrogen and oxygen atoms in total. The van der Waals surface area contributed by atoms with Gasteiger partial charge in [-0.1, -0.05) is 46.9 Å². The predicted octanol–water partition coefficient (Wildman–Crippen LogP) is 6.21. The first-order chi connectivity index (χ1) is 9.26.